The highest BCUT2D eigenvalue weighted by Gasteiger charge is 2.41. The number of halogens is 4. The first-order valence-electron chi connectivity index (χ1n) is 9.36. The van der Waals surface area contributed by atoms with E-state index < -0.39 is 12.2 Å². The molecule has 1 aliphatic rings. The molecule has 1 atom stereocenters. The molecule has 1 aromatic carbocycles. The molecule has 1 N–H and O–H groups in total. The minimum Gasteiger partial charge on any atom is -0.493 e. The van der Waals surface area contributed by atoms with Crippen LogP contribution in [0.1, 0.15) is 19.4 Å². The monoisotopic (exact) mass is 530 g/mol. The van der Waals surface area contributed by atoms with Gasteiger partial charge in [-0.15, -0.1) is 24.0 Å². The molecule has 0 bridgehead atoms. The predicted molar refractivity (Wildman–Crippen MR) is 118 cm³/mol. The van der Waals surface area contributed by atoms with E-state index in [1.165, 1.54) is 11.8 Å². The zero-order valence-electron chi connectivity index (χ0n) is 17.3. The zero-order valence-corrected chi connectivity index (χ0v) is 19.6. The van der Waals surface area contributed by atoms with Crippen molar-refractivity contribution in [1.29, 1.82) is 0 Å². The summed E-state index contributed by atoms with van der Waals surface area (Å²) in [5, 5.41) is 3.27. The molecule has 10 heteroatoms. The first-order valence-corrected chi connectivity index (χ1v) is 9.36. The minimum absolute atomic E-state index is 0. The molecular formula is C19H30F3IN4O2. The van der Waals surface area contributed by atoms with Crippen molar-refractivity contribution in [3.63, 3.8) is 0 Å². The van der Waals surface area contributed by atoms with Crippen LogP contribution in [0.25, 0.3) is 0 Å². The van der Waals surface area contributed by atoms with Gasteiger partial charge in [0.25, 0.3) is 0 Å². The molecular weight excluding hydrogens is 500 g/mol. The van der Waals surface area contributed by atoms with Gasteiger partial charge in [0.1, 0.15) is 6.04 Å². The van der Waals surface area contributed by atoms with Crippen LogP contribution >= 0.6 is 24.0 Å². The zero-order chi connectivity index (χ0) is 20.7. The molecule has 0 aliphatic carbocycles. The van der Waals surface area contributed by atoms with Gasteiger partial charge in [0.05, 0.1) is 13.7 Å². The van der Waals surface area contributed by atoms with Gasteiger partial charge in [-0.05, 0) is 31.5 Å². The van der Waals surface area contributed by atoms with Gasteiger partial charge >= 0.3 is 6.18 Å². The first-order chi connectivity index (χ1) is 13.3. The smallest absolute Gasteiger partial charge is 0.403 e. The Morgan fingerprint density at radius 2 is 1.86 bits per heavy atom. The Labute approximate surface area is 187 Å². The van der Waals surface area contributed by atoms with Crippen molar-refractivity contribution in [2.24, 2.45) is 4.99 Å². The van der Waals surface area contributed by atoms with E-state index in [-0.39, 0.29) is 24.0 Å². The Morgan fingerprint density at radius 1 is 1.21 bits per heavy atom. The van der Waals surface area contributed by atoms with Crippen LogP contribution in [0, 0.1) is 0 Å². The van der Waals surface area contributed by atoms with Gasteiger partial charge in [-0.1, -0.05) is 6.07 Å². The van der Waals surface area contributed by atoms with Crippen molar-refractivity contribution >= 4 is 29.9 Å². The summed E-state index contributed by atoms with van der Waals surface area (Å²) < 4.78 is 49.6. The van der Waals surface area contributed by atoms with Crippen LogP contribution in [0.5, 0.6) is 11.5 Å². The molecule has 0 aromatic heterocycles. The van der Waals surface area contributed by atoms with Gasteiger partial charge in [-0.25, -0.2) is 0 Å². The summed E-state index contributed by atoms with van der Waals surface area (Å²) in [6, 6.07) is 4.27. The van der Waals surface area contributed by atoms with E-state index in [0.717, 1.165) is 5.56 Å². The van der Waals surface area contributed by atoms with Gasteiger partial charge in [-0.2, -0.15) is 13.2 Å². The summed E-state index contributed by atoms with van der Waals surface area (Å²) in [5.74, 6) is 2.02. The van der Waals surface area contributed by atoms with Crippen LogP contribution < -0.4 is 14.8 Å². The summed E-state index contributed by atoms with van der Waals surface area (Å²) in [5.41, 5.74) is 0.991. The average molecular weight is 530 g/mol. The van der Waals surface area contributed by atoms with E-state index in [2.05, 4.69) is 10.3 Å². The van der Waals surface area contributed by atoms with E-state index in [1.54, 1.807) is 14.2 Å². The van der Waals surface area contributed by atoms with Crippen LogP contribution in [0.3, 0.4) is 0 Å². The number of methoxy groups -OCH3 is 1. The summed E-state index contributed by atoms with van der Waals surface area (Å²) >= 11 is 0. The maximum Gasteiger partial charge on any atom is 0.403 e. The number of rotatable bonds is 6. The van der Waals surface area contributed by atoms with Crippen molar-refractivity contribution in [1.82, 2.24) is 15.1 Å². The fourth-order valence-electron chi connectivity index (χ4n) is 3.14. The Kier molecular flexibility index (Phi) is 10.3. The Hall–Kier alpha value is -1.43. The molecule has 1 saturated heterocycles. The number of piperazine rings is 1. The maximum atomic E-state index is 12.9. The molecule has 6 nitrogen and oxygen atoms in total. The number of hydrogen-bond donors (Lipinski definition) is 1. The standard InChI is InChI=1S/C19H29F3N4O2.HI/c1-5-28-16-7-6-15(12-17(16)27-4)13-24-18(23-3)26-10-8-25(9-11-26)14(2)19(20,21)22;/h6-7,12,14H,5,8-11,13H2,1-4H3,(H,23,24);1H. The summed E-state index contributed by atoms with van der Waals surface area (Å²) in [7, 11) is 3.27. The second-order valence-corrected chi connectivity index (χ2v) is 6.56. The largest absolute Gasteiger partial charge is 0.493 e. The normalized spacial score (nSPS) is 16.8. The number of nitrogens with zero attached hydrogens (tertiary/aromatic N) is 3. The number of hydrogen-bond acceptors (Lipinski definition) is 4. The minimum atomic E-state index is -4.20. The molecule has 1 fully saturated rings. The SMILES string of the molecule is CCOc1ccc(CNC(=NC)N2CCN(C(C)C(F)(F)F)CC2)cc1OC.I. The number of aliphatic imine (C=N–C) groups is 1. The van der Waals surface area contributed by atoms with Gasteiger partial charge in [0.2, 0.25) is 0 Å². The average Bonchev–Trinajstić information content (AvgIpc) is 2.68. The fraction of sp³-hybridized carbons (Fsp3) is 0.632. The lowest BCUT2D eigenvalue weighted by atomic mass is 10.2. The van der Waals surface area contributed by atoms with Crippen molar-refractivity contribution in [3.8, 4) is 11.5 Å². The van der Waals surface area contributed by atoms with Gasteiger partial charge in [0, 0.05) is 39.8 Å². The summed E-state index contributed by atoms with van der Waals surface area (Å²) in [6.45, 7) is 5.88. The molecule has 0 spiro atoms. The molecule has 2 rings (SSSR count). The quantitative estimate of drug-likeness (QED) is 0.348. The van der Waals surface area contributed by atoms with Crippen molar-refractivity contribution in [2.45, 2.75) is 32.6 Å². The molecule has 1 heterocycles. The van der Waals surface area contributed by atoms with Crippen molar-refractivity contribution < 1.29 is 22.6 Å². The van der Waals surface area contributed by atoms with Crippen LogP contribution in [0.15, 0.2) is 23.2 Å². The molecule has 1 aromatic rings. The number of ether oxygens (including phenoxy) is 2. The molecule has 0 saturated carbocycles. The van der Waals surface area contributed by atoms with Crippen LogP contribution in [0.2, 0.25) is 0 Å². The Morgan fingerprint density at radius 3 is 2.38 bits per heavy atom. The second kappa shape index (κ2) is 11.7. The Balaban J connectivity index is 0.00000420. The molecule has 166 valence electrons. The lowest BCUT2D eigenvalue weighted by Crippen LogP contribution is -2.56. The molecule has 1 aliphatic heterocycles. The number of nitrogens with one attached hydrogen (secondary N) is 1. The highest BCUT2D eigenvalue weighted by atomic mass is 127. The van der Waals surface area contributed by atoms with Crippen molar-refractivity contribution in [2.75, 3.05) is 46.9 Å². The predicted octanol–water partition coefficient (Wildman–Crippen LogP) is 3.36. The van der Waals surface area contributed by atoms with Gasteiger partial charge in [0.15, 0.2) is 17.5 Å². The first kappa shape index (κ1) is 25.6. The molecule has 0 amide bonds. The third-order valence-corrected chi connectivity index (χ3v) is 4.83. The van der Waals surface area contributed by atoms with E-state index in [4.69, 9.17) is 9.47 Å². The number of guanidine groups is 1. The van der Waals surface area contributed by atoms with Crippen LogP contribution in [-0.4, -0.2) is 74.9 Å². The lowest BCUT2D eigenvalue weighted by molar-refractivity contribution is -0.181. The highest BCUT2D eigenvalue weighted by molar-refractivity contribution is 14.0. The maximum absolute atomic E-state index is 12.9. The molecule has 1 unspecified atom stereocenters. The third kappa shape index (κ3) is 7.09. The molecule has 0 radical (unpaired) electrons. The second-order valence-electron chi connectivity index (χ2n) is 6.56. The van der Waals surface area contributed by atoms with Gasteiger partial charge in [-0.3, -0.25) is 9.89 Å². The summed E-state index contributed by atoms with van der Waals surface area (Å²) in [6.07, 6.45) is -4.20. The third-order valence-electron chi connectivity index (χ3n) is 4.83. The molecule has 29 heavy (non-hydrogen) atoms. The topological polar surface area (TPSA) is 49.3 Å². The van der Waals surface area contributed by atoms with Crippen LogP contribution in [0.4, 0.5) is 13.2 Å². The van der Waals surface area contributed by atoms with E-state index in [9.17, 15) is 13.2 Å². The van der Waals surface area contributed by atoms with Gasteiger partial charge < -0.3 is 19.7 Å². The number of alkyl halides is 3. The Bertz CT molecular complexity index is 665. The highest BCUT2D eigenvalue weighted by Crippen LogP contribution is 2.28. The van der Waals surface area contributed by atoms with E-state index >= 15 is 0 Å². The van der Waals surface area contributed by atoms with Crippen molar-refractivity contribution in [3.05, 3.63) is 23.8 Å². The fourth-order valence-corrected chi connectivity index (χ4v) is 3.14. The lowest BCUT2D eigenvalue weighted by Gasteiger charge is -2.39. The van der Waals surface area contributed by atoms with E-state index in [1.807, 2.05) is 30.0 Å². The van der Waals surface area contributed by atoms with Crippen LogP contribution in [-0.2, 0) is 6.54 Å². The number of benzene rings is 1. The van der Waals surface area contributed by atoms with E-state index in [0.29, 0.717) is 56.8 Å². The summed E-state index contributed by atoms with van der Waals surface area (Å²) in [4.78, 5) is 7.71.